The van der Waals surface area contributed by atoms with E-state index in [9.17, 15) is 4.79 Å². The lowest BCUT2D eigenvalue weighted by Crippen LogP contribution is -2.14. The summed E-state index contributed by atoms with van der Waals surface area (Å²) >= 11 is 12.2. The second-order valence-electron chi connectivity index (χ2n) is 8.39. The zero-order valence-corrected chi connectivity index (χ0v) is 21.5. The van der Waals surface area contributed by atoms with E-state index in [2.05, 4.69) is 29.5 Å². The van der Waals surface area contributed by atoms with E-state index in [1.54, 1.807) is 12.1 Å². The van der Waals surface area contributed by atoms with Crippen LogP contribution in [0.5, 0.6) is 5.75 Å². The van der Waals surface area contributed by atoms with Crippen molar-refractivity contribution in [3.63, 3.8) is 0 Å². The fourth-order valence-electron chi connectivity index (χ4n) is 3.82. The summed E-state index contributed by atoms with van der Waals surface area (Å²) in [4.78, 5) is 13.0. The SMILES string of the molecule is CCc1ccc(OCc2cccc(C(=O)Nc3c(C)nn(Cc4ccc(Cl)c(Cl)c4)c3C)c2)cc1. The summed E-state index contributed by atoms with van der Waals surface area (Å²) in [5.41, 5.74) is 6.02. The monoisotopic (exact) mass is 507 g/mol. The summed E-state index contributed by atoms with van der Waals surface area (Å²) in [6.07, 6.45) is 0.991. The first-order valence-electron chi connectivity index (χ1n) is 11.4. The molecule has 1 N–H and O–H groups in total. The molecular weight excluding hydrogens is 481 g/mol. The number of rotatable bonds is 8. The van der Waals surface area contributed by atoms with Gasteiger partial charge in [0.2, 0.25) is 0 Å². The number of ether oxygens (including phenoxy) is 1. The molecule has 5 nitrogen and oxygen atoms in total. The maximum absolute atomic E-state index is 13.0. The van der Waals surface area contributed by atoms with Crippen LogP contribution in [0.4, 0.5) is 5.69 Å². The van der Waals surface area contributed by atoms with Crippen LogP contribution < -0.4 is 10.1 Å². The largest absolute Gasteiger partial charge is 0.489 e. The summed E-state index contributed by atoms with van der Waals surface area (Å²) in [6.45, 7) is 6.83. The van der Waals surface area contributed by atoms with Gasteiger partial charge in [-0.05, 0) is 73.4 Å². The van der Waals surface area contributed by atoms with Gasteiger partial charge >= 0.3 is 0 Å². The van der Waals surface area contributed by atoms with Crippen molar-refractivity contribution in [2.45, 2.75) is 40.3 Å². The first-order valence-corrected chi connectivity index (χ1v) is 12.2. The van der Waals surface area contributed by atoms with E-state index in [1.807, 2.05) is 61.0 Å². The first-order chi connectivity index (χ1) is 16.8. The molecule has 0 bridgehead atoms. The molecule has 0 saturated carbocycles. The third-order valence-corrected chi connectivity index (χ3v) is 6.60. The highest BCUT2D eigenvalue weighted by atomic mass is 35.5. The van der Waals surface area contributed by atoms with E-state index >= 15 is 0 Å². The third-order valence-electron chi connectivity index (χ3n) is 5.86. The Hall–Kier alpha value is -3.28. The van der Waals surface area contributed by atoms with Crippen molar-refractivity contribution in [3.8, 4) is 5.75 Å². The van der Waals surface area contributed by atoms with Crippen molar-refractivity contribution < 1.29 is 9.53 Å². The van der Waals surface area contributed by atoms with E-state index < -0.39 is 0 Å². The number of anilines is 1. The number of aryl methyl sites for hydroxylation is 2. The standard InChI is InChI=1S/C28H27Cl2N3O2/c1-4-20-8-11-24(12-9-20)35-17-22-6-5-7-23(14-22)28(34)31-27-18(2)32-33(19(27)3)16-21-10-13-25(29)26(30)15-21/h5-15H,4,16-17H2,1-3H3,(H,31,34). The Bertz CT molecular complexity index is 1350. The van der Waals surface area contributed by atoms with E-state index in [4.69, 9.17) is 27.9 Å². The number of hydrogen-bond acceptors (Lipinski definition) is 3. The van der Waals surface area contributed by atoms with Crippen LogP contribution in [0.3, 0.4) is 0 Å². The van der Waals surface area contributed by atoms with Crippen molar-refractivity contribution in [1.82, 2.24) is 9.78 Å². The molecule has 7 heteroatoms. The summed E-state index contributed by atoms with van der Waals surface area (Å²) in [6, 6.07) is 21.0. The lowest BCUT2D eigenvalue weighted by atomic mass is 10.1. The van der Waals surface area contributed by atoms with Gasteiger partial charge in [-0.1, -0.05) is 60.5 Å². The molecule has 0 spiro atoms. The van der Waals surface area contributed by atoms with Gasteiger partial charge in [0.1, 0.15) is 12.4 Å². The summed E-state index contributed by atoms with van der Waals surface area (Å²) < 4.78 is 7.74. The van der Waals surface area contributed by atoms with Gasteiger partial charge < -0.3 is 10.1 Å². The van der Waals surface area contributed by atoms with Gasteiger partial charge in [0, 0.05) is 5.56 Å². The smallest absolute Gasteiger partial charge is 0.255 e. The molecule has 1 heterocycles. The number of hydrogen-bond donors (Lipinski definition) is 1. The highest BCUT2D eigenvalue weighted by Gasteiger charge is 2.16. The Morgan fingerprint density at radius 2 is 1.69 bits per heavy atom. The number of carbonyl (C=O) groups excluding carboxylic acids is 1. The molecule has 1 amide bonds. The number of amides is 1. The van der Waals surface area contributed by atoms with Crippen molar-refractivity contribution >= 4 is 34.8 Å². The van der Waals surface area contributed by atoms with Crippen molar-refractivity contribution in [2.75, 3.05) is 5.32 Å². The summed E-state index contributed by atoms with van der Waals surface area (Å²) in [7, 11) is 0. The molecule has 180 valence electrons. The minimum absolute atomic E-state index is 0.195. The second-order valence-corrected chi connectivity index (χ2v) is 9.21. The Kier molecular flexibility index (Phi) is 7.79. The van der Waals surface area contributed by atoms with E-state index in [0.29, 0.717) is 34.4 Å². The van der Waals surface area contributed by atoms with Crippen LogP contribution in [0, 0.1) is 13.8 Å². The van der Waals surface area contributed by atoms with Gasteiger partial charge in [0.25, 0.3) is 5.91 Å². The van der Waals surface area contributed by atoms with E-state index in [-0.39, 0.29) is 5.91 Å². The fraction of sp³-hybridized carbons (Fsp3) is 0.214. The Morgan fingerprint density at radius 1 is 0.943 bits per heavy atom. The number of nitrogens with one attached hydrogen (secondary N) is 1. The van der Waals surface area contributed by atoms with Crippen LogP contribution in [0.15, 0.2) is 66.7 Å². The van der Waals surface area contributed by atoms with Crippen LogP contribution >= 0.6 is 23.2 Å². The Balaban J connectivity index is 1.44. The molecule has 0 radical (unpaired) electrons. The molecule has 0 unspecified atom stereocenters. The van der Waals surface area contributed by atoms with Crippen LogP contribution in [-0.2, 0) is 19.6 Å². The predicted octanol–water partition coefficient (Wildman–Crippen LogP) is 7.25. The fourth-order valence-corrected chi connectivity index (χ4v) is 4.14. The number of carbonyl (C=O) groups is 1. The first kappa shape index (κ1) is 24.8. The van der Waals surface area contributed by atoms with E-state index in [0.717, 1.165) is 34.7 Å². The van der Waals surface area contributed by atoms with Crippen LogP contribution in [0.2, 0.25) is 10.0 Å². The number of halogens is 2. The molecule has 0 saturated heterocycles. The molecule has 1 aromatic heterocycles. The summed E-state index contributed by atoms with van der Waals surface area (Å²) in [5, 5.41) is 8.64. The van der Waals surface area contributed by atoms with Gasteiger partial charge in [-0.25, -0.2) is 0 Å². The van der Waals surface area contributed by atoms with Crippen molar-refractivity contribution in [1.29, 1.82) is 0 Å². The molecule has 0 aliphatic heterocycles. The number of benzene rings is 3. The Labute approximate surface area is 215 Å². The number of aromatic nitrogens is 2. The summed E-state index contributed by atoms with van der Waals surface area (Å²) in [5.74, 6) is 0.608. The van der Waals surface area contributed by atoms with Crippen LogP contribution in [-0.4, -0.2) is 15.7 Å². The highest BCUT2D eigenvalue weighted by Crippen LogP contribution is 2.25. The molecule has 4 rings (SSSR count). The van der Waals surface area contributed by atoms with Gasteiger partial charge in [-0.3, -0.25) is 9.48 Å². The van der Waals surface area contributed by atoms with Gasteiger partial charge in [-0.15, -0.1) is 0 Å². The predicted molar refractivity (Wildman–Crippen MR) is 142 cm³/mol. The molecule has 0 aliphatic carbocycles. The quantitative estimate of drug-likeness (QED) is 0.273. The van der Waals surface area contributed by atoms with Gasteiger partial charge in [-0.2, -0.15) is 5.10 Å². The van der Waals surface area contributed by atoms with Crippen LogP contribution in [0.25, 0.3) is 0 Å². The maximum Gasteiger partial charge on any atom is 0.255 e. The minimum Gasteiger partial charge on any atom is -0.489 e. The molecule has 4 aromatic rings. The van der Waals surface area contributed by atoms with Crippen LogP contribution in [0.1, 0.15) is 45.4 Å². The van der Waals surface area contributed by atoms with Crippen molar-refractivity contribution in [3.05, 3.63) is 110 Å². The topological polar surface area (TPSA) is 56.1 Å². The van der Waals surface area contributed by atoms with Crippen molar-refractivity contribution in [2.24, 2.45) is 0 Å². The zero-order valence-electron chi connectivity index (χ0n) is 19.9. The normalized spacial score (nSPS) is 10.9. The lowest BCUT2D eigenvalue weighted by molar-refractivity contribution is 0.102. The molecule has 0 atom stereocenters. The number of nitrogens with zero attached hydrogens (tertiary/aromatic N) is 2. The molecule has 0 fully saturated rings. The van der Waals surface area contributed by atoms with Gasteiger partial charge in [0.15, 0.2) is 0 Å². The average molecular weight is 508 g/mol. The second kappa shape index (κ2) is 11.0. The van der Waals surface area contributed by atoms with E-state index in [1.165, 1.54) is 5.56 Å². The molecule has 0 aliphatic rings. The molecule has 35 heavy (non-hydrogen) atoms. The van der Waals surface area contributed by atoms with Gasteiger partial charge in [0.05, 0.1) is 33.7 Å². The average Bonchev–Trinajstić information content (AvgIpc) is 3.12. The lowest BCUT2D eigenvalue weighted by Gasteiger charge is -2.10. The highest BCUT2D eigenvalue weighted by molar-refractivity contribution is 6.42. The minimum atomic E-state index is -0.195. The molecule has 3 aromatic carbocycles. The Morgan fingerprint density at radius 3 is 2.40 bits per heavy atom. The molecular formula is C28H27Cl2N3O2. The maximum atomic E-state index is 13.0. The third kappa shape index (κ3) is 6.05. The zero-order chi connectivity index (χ0) is 24.9.